The van der Waals surface area contributed by atoms with Crippen LogP contribution in [0.2, 0.25) is 0 Å². The molecule has 3 rings (SSSR count). The number of halogens is 1. The number of hydrogen-bond donors (Lipinski definition) is 0. The summed E-state index contributed by atoms with van der Waals surface area (Å²) in [6, 6.07) is 10.1. The van der Waals surface area contributed by atoms with E-state index in [2.05, 4.69) is 49.4 Å². The van der Waals surface area contributed by atoms with Crippen molar-refractivity contribution in [2.24, 2.45) is 11.3 Å². The highest BCUT2D eigenvalue weighted by molar-refractivity contribution is 14.1. The molecule has 0 N–H and O–H groups in total. The van der Waals surface area contributed by atoms with Crippen LogP contribution >= 0.6 is 22.6 Å². The molecular formula is C21H25IO2. The number of hydrogen-bond acceptors (Lipinski definition) is 2. The summed E-state index contributed by atoms with van der Waals surface area (Å²) in [6.07, 6.45) is 5.71. The van der Waals surface area contributed by atoms with Crippen molar-refractivity contribution in [3.05, 3.63) is 39.5 Å². The summed E-state index contributed by atoms with van der Waals surface area (Å²) in [6.45, 7) is 6.99. The molecule has 0 heterocycles. The zero-order valence-electron chi connectivity index (χ0n) is 14.6. The Hall–Kier alpha value is -1.10. The fourth-order valence-electron chi connectivity index (χ4n) is 3.77. The van der Waals surface area contributed by atoms with Crippen molar-refractivity contribution < 1.29 is 9.53 Å². The van der Waals surface area contributed by atoms with Crippen LogP contribution < -0.4 is 4.74 Å². The van der Waals surface area contributed by atoms with Crippen LogP contribution in [-0.4, -0.2) is 12.4 Å². The van der Waals surface area contributed by atoms with Crippen LogP contribution in [0.1, 0.15) is 56.8 Å². The van der Waals surface area contributed by atoms with Gasteiger partial charge in [0.05, 0.1) is 11.7 Å². The number of fused-ring (bicyclic) bond motifs is 1. The highest BCUT2D eigenvalue weighted by Gasteiger charge is 2.30. The molecule has 2 aromatic carbocycles. The van der Waals surface area contributed by atoms with E-state index in [1.165, 1.54) is 12.8 Å². The van der Waals surface area contributed by atoms with Gasteiger partial charge in [-0.15, -0.1) is 0 Å². The lowest BCUT2D eigenvalue weighted by Gasteiger charge is -2.37. The van der Waals surface area contributed by atoms with Gasteiger partial charge in [-0.1, -0.05) is 45.0 Å². The van der Waals surface area contributed by atoms with Gasteiger partial charge in [0, 0.05) is 3.57 Å². The molecule has 0 spiro atoms. The van der Waals surface area contributed by atoms with E-state index in [0.717, 1.165) is 45.1 Å². The molecule has 0 aromatic heterocycles. The van der Waals surface area contributed by atoms with Crippen LogP contribution in [0.25, 0.3) is 10.8 Å². The first kappa shape index (κ1) is 17.7. The number of ether oxygens (including phenoxy) is 1. The summed E-state index contributed by atoms with van der Waals surface area (Å²) in [4.78, 5) is 11.7. The van der Waals surface area contributed by atoms with Gasteiger partial charge in [0.15, 0.2) is 6.29 Å². The Morgan fingerprint density at radius 2 is 1.71 bits per heavy atom. The van der Waals surface area contributed by atoms with Crippen LogP contribution in [0.5, 0.6) is 5.75 Å². The van der Waals surface area contributed by atoms with Gasteiger partial charge in [-0.3, -0.25) is 4.79 Å². The molecule has 0 atom stereocenters. The average molecular weight is 436 g/mol. The minimum atomic E-state index is 0.222. The number of aldehydes is 1. The minimum Gasteiger partial charge on any atom is -0.490 e. The van der Waals surface area contributed by atoms with E-state index in [1.54, 1.807) is 0 Å². The van der Waals surface area contributed by atoms with E-state index in [1.807, 2.05) is 24.3 Å². The summed E-state index contributed by atoms with van der Waals surface area (Å²) in [5, 5.41) is 2.10. The second-order valence-electron chi connectivity index (χ2n) is 7.89. The molecule has 0 aliphatic heterocycles. The third-order valence-electron chi connectivity index (χ3n) is 5.31. The summed E-state index contributed by atoms with van der Waals surface area (Å²) in [5.41, 5.74) is 1.06. The number of carbonyl (C=O) groups excluding carboxylic acids is 1. The van der Waals surface area contributed by atoms with Gasteiger partial charge >= 0.3 is 0 Å². The van der Waals surface area contributed by atoms with Crippen LogP contribution in [0.15, 0.2) is 30.3 Å². The van der Waals surface area contributed by atoms with Crippen LogP contribution in [0.3, 0.4) is 0 Å². The van der Waals surface area contributed by atoms with Gasteiger partial charge in [-0.05, 0) is 76.4 Å². The predicted octanol–water partition coefficient (Wildman–Crippen LogP) is 6.24. The van der Waals surface area contributed by atoms with E-state index >= 15 is 0 Å². The van der Waals surface area contributed by atoms with E-state index in [-0.39, 0.29) is 6.10 Å². The van der Waals surface area contributed by atoms with Crippen LogP contribution in [0.4, 0.5) is 0 Å². The molecule has 0 unspecified atom stereocenters. The molecule has 0 radical (unpaired) electrons. The topological polar surface area (TPSA) is 26.3 Å². The van der Waals surface area contributed by atoms with Gasteiger partial charge in [0.1, 0.15) is 5.75 Å². The molecule has 1 saturated carbocycles. The molecule has 1 aliphatic carbocycles. The van der Waals surface area contributed by atoms with Gasteiger partial charge in [0.2, 0.25) is 0 Å². The largest absolute Gasteiger partial charge is 0.490 e. The smallest absolute Gasteiger partial charge is 0.154 e. The fourth-order valence-corrected chi connectivity index (χ4v) is 4.53. The lowest BCUT2D eigenvalue weighted by molar-refractivity contribution is 0.0871. The Labute approximate surface area is 158 Å². The maximum Gasteiger partial charge on any atom is 0.154 e. The van der Waals surface area contributed by atoms with Crippen molar-refractivity contribution >= 4 is 39.6 Å². The Morgan fingerprint density at radius 1 is 1.08 bits per heavy atom. The highest BCUT2D eigenvalue weighted by Crippen LogP contribution is 2.40. The molecule has 0 amide bonds. The van der Waals surface area contributed by atoms with Gasteiger partial charge in [0.25, 0.3) is 0 Å². The zero-order valence-corrected chi connectivity index (χ0v) is 16.8. The fraction of sp³-hybridized carbons (Fsp3) is 0.476. The second kappa shape index (κ2) is 7.03. The van der Waals surface area contributed by atoms with Crippen LogP contribution in [-0.2, 0) is 0 Å². The summed E-state index contributed by atoms with van der Waals surface area (Å²) < 4.78 is 7.42. The predicted molar refractivity (Wildman–Crippen MR) is 108 cm³/mol. The maximum atomic E-state index is 11.7. The lowest BCUT2D eigenvalue weighted by Crippen LogP contribution is -2.30. The molecular weight excluding hydrogens is 411 g/mol. The molecule has 128 valence electrons. The van der Waals surface area contributed by atoms with Crippen molar-refractivity contribution in [1.82, 2.24) is 0 Å². The Morgan fingerprint density at radius 3 is 2.29 bits per heavy atom. The first-order valence-corrected chi connectivity index (χ1v) is 9.81. The summed E-state index contributed by atoms with van der Waals surface area (Å²) in [5.74, 6) is 1.51. The molecule has 0 saturated heterocycles. The van der Waals surface area contributed by atoms with E-state index in [0.29, 0.717) is 11.0 Å². The van der Waals surface area contributed by atoms with E-state index in [4.69, 9.17) is 4.74 Å². The number of carbonyl (C=O) groups is 1. The Bertz CT molecular complexity index is 737. The van der Waals surface area contributed by atoms with Crippen LogP contribution in [0, 0.1) is 14.9 Å². The Balaban J connectivity index is 1.82. The third-order valence-corrected chi connectivity index (χ3v) is 6.20. The zero-order chi connectivity index (χ0) is 17.3. The molecule has 0 bridgehead atoms. The molecule has 2 aromatic rings. The van der Waals surface area contributed by atoms with Gasteiger partial charge in [-0.25, -0.2) is 0 Å². The summed E-state index contributed by atoms with van der Waals surface area (Å²) in [7, 11) is 0. The lowest BCUT2D eigenvalue weighted by atomic mass is 9.72. The quantitative estimate of drug-likeness (QED) is 0.421. The first-order chi connectivity index (χ1) is 11.4. The van der Waals surface area contributed by atoms with Crippen molar-refractivity contribution in [3.8, 4) is 5.75 Å². The molecule has 1 aliphatic rings. The van der Waals surface area contributed by atoms with Crippen molar-refractivity contribution in [2.75, 3.05) is 0 Å². The molecule has 1 fully saturated rings. The summed E-state index contributed by atoms with van der Waals surface area (Å²) >= 11 is 2.33. The number of benzene rings is 2. The van der Waals surface area contributed by atoms with Crippen molar-refractivity contribution in [3.63, 3.8) is 0 Å². The van der Waals surface area contributed by atoms with Crippen molar-refractivity contribution in [1.29, 1.82) is 0 Å². The highest BCUT2D eigenvalue weighted by atomic mass is 127. The molecule has 2 nitrogen and oxygen atoms in total. The molecule has 24 heavy (non-hydrogen) atoms. The third kappa shape index (κ3) is 3.61. The number of rotatable bonds is 3. The van der Waals surface area contributed by atoms with Gasteiger partial charge in [-0.2, -0.15) is 0 Å². The SMILES string of the molecule is CC(C)(C)[C@H]1CC[C@H](Oc2cc(I)c3ccccc3c2C=O)CC1. The molecule has 3 heteroatoms. The van der Waals surface area contributed by atoms with E-state index < -0.39 is 0 Å². The van der Waals surface area contributed by atoms with Crippen molar-refractivity contribution in [2.45, 2.75) is 52.6 Å². The Kier molecular flexibility index (Phi) is 5.19. The normalized spacial score (nSPS) is 21.7. The van der Waals surface area contributed by atoms with Gasteiger partial charge < -0.3 is 4.74 Å². The minimum absolute atomic E-state index is 0.222. The first-order valence-electron chi connectivity index (χ1n) is 8.73. The monoisotopic (exact) mass is 436 g/mol. The van der Waals surface area contributed by atoms with E-state index in [9.17, 15) is 4.79 Å². The standard InChI is InChI=1S/C21H25IO2/c1-21(2,3)14-8-10-15(11-9-14)24-20-12-19(22)17-7-5-4-6-16(17)18(20)13-23/h4-7,12-15H,8-11H2,1-3H3/t14-,15-. The maximum absolute atomic E-state index is 11.7. The average Bonchev–Trinajstić information content (AvgIpc) is 2.55. The second-order valence-corrected chi connectivity index (χ2v) is 9.05.